The zero-order valence-electron chi connectivity index (χ0n) is 7.31. The van der Waals surface area contributed by atoms with E-state index in [0.717, 1.165) is 12.1 Å². The molecule has 0 aromatic heterocycles. The molecule has 0 amide bonds. The summed E-state index contributed by atoms with van der Waals surface area (Å²) in [6, 6.07) is 2.07. The number of rotatable bonds is 3. The van der Waals surface area contributed by atoms with Crippen molar-refractivity contribution < 1.29 is 13.5 Å². The lowest BCUT2D eigenvalue weighted by molar-refractivity contribution is 0.285. The van der Waals surface area contributed by atoms with E-state index in [1.54, 1.807) is 0 Å². The standard InChI is InChI=1S/C9H9BF2O/c1-2-3-13-9-7(11)4-6(10)5-8(9)12/h4-5H,2-3H2,1H3/q-1. The monoisotopic (exact) mass is 182 g/mol. The molecule has 1 rings (SSSR count). The summed E-state index contributed by atoms with van der Waals surface area (Å²) >= 11 is 0. The van der Waals surface area contributed by atoms with E-state index in [-0.39, 0.29) is 17.8 Å². The van der Waals surface area contributed by atoms with Crippen LogP contribution in [0.5, 0.6) is 5.75 Å². The van der Waals surface area contributed by atoms with Crippen molar-refractivity contribution in [1.29, 1.82) is 0 Å². The van der Waals surface area contributed by atoms with Gasteiger partial charge in [0.1, 0.15) is 0 Å². The normalized spacial score (nSPS) is 10.2. The second kappa shape index (κ2) is 4.26. The van der Waals surface area contributed by atoms with Crippen LogP contribution in [-0.2, 0) is 0 Å². The third-order valence-corrected chi connectivity index (χ3v) is 1.47. The van der Waals surface area contributed by atoms with Gasteiger partial charge in [-0.25, -0.2) is 8.78 Å². The van der Waals surface area contributed by atoms with Gasteiger partial charge in [-0.3, -0.25) is 0 Å². The summed E-state index contributed by atoms with van der Waals surface area (Å²) in [7, 11) is 5.22. The predicted octanol–water partition coefficient (Wildman–Crippen LogP) is 1.55. The molecule has 13 heavy (non-hydrogen) atoms. The maximum absolute atomic E-state index is 13.0. The van der Waals surface area contributed by atoms with Gasteiger partial charge in [0, 0.05) is 0 Å². The van der Waals surface area contributed by atoms with Crippen molar-refractivity contribution in [3.63, 3.8) is 0 Å². The van der Waals surface area contributed by atoms with Crippen molar-refractivity contribution in [3.8, 4) is 5.75 Å². The first-order valence-electron chi connectivity index (χ1n) is 4.02. The molecule has 0 N–H and O–H groups in total. The van der Waals surface area contributed by atoms with E-state index in [0.29, 0.717) is 6.42 Å². The molecule has 0 saturated heterocycles. The molecule has 3 radical (unpaired) electrons. The molecule has 0 unspecified atom stereocenters. The molecule has 0 bridgehead atoms. The molecule has 1 nitrogen and oxygen atoms in total. The van der Waals surface area contributed by atoms with Gasteiger partial charge in [-0.2, -0.15) is 0 Å². The Morgan fingerprint density at radius 3 is 2.31 bits per heavy atom. The summed E-state index contributed by atoms with van der Waals surface area (Å²) < 4.78 is 30.8. The number of hydrogen-bond acceptors (Lipinski definition) is 1. The number of hydrogen-bond donors (Lipinski definition) is 0. The van der Waals surface area contributed by atoms with Crippen LogP contribution in [0.1, 0.15) is 13.3 Å². The van der Waals surface area contributed by atoms with E-state index >= 15 is 0 Å². The van der Waals surface area contributed by atoms with Gasteiger partial charge in [-0.1, -0.05) is 19.1 Å². The number of benzene rings is 1. The van der Waals surface area contributed by atoms with Crippen molar-refractivity contribution >= 4 is 13.3 Å². The summed E-state index contributed by atoms with van der Waals surface area (Å²) in [5, 5.41) is 0. The first-order chi connectivity index (χ1) is 6.15. The maximum atomic E-state index is 13.0. The Labute approximate surface area is 77.1 Å². The quantitative estimate of drug-likeness (QED) is 0.644. The molecule has 69 valence electrons. The van der Waals surface area contributed by atoms with Crippen molar-refractivity contribution in [1.82, 2.24) is 0 Å². The fraction of sp³-hybridized carbons (Fsp3) is 0.333. The second-order valence-corrected chi connectivity index (χ2v) is 2.66. The highest BCUT2D eigenvalue weighted by Crippen LogP contribution is 2.19. The van der Waals surface area contributed by atoms with Crippen molar-refractivity contribution in [3.05, 3.63) is 23.8 Å². The van der Waals surface area contributed by atoms with Crippen LogP contribution in [0.4, 0.5) is 8.78 Å². The first-order valence-corrected chi connectivity index (χ1v) is 4.02. The van der Waals surface area contributed by atoms with Crippen LogP contribution in [0.3, 0.4) is 0 Å². The highest BCUT2D eigenvalue weighted by Gasteiger charge is 2.07. The Morgan fingerprint density at radius 2 is 1.85 bits per heavy atom. The van der Waals surface area contributed by atoms with E-state index < -0.39 is 11.6 Å². The highest BCUT2D eigenvalue weighted by molar-refractivity contribution is 6.32. The van der Waals surface area contributed by atoms with E-state index in [9.17, 15) is 8.78 Å². The Bertz CT molecular complexity index is 279. The summed E-state index contributed by atoms with van der Waals surface area (Å²) in [4.78, 5) is 0. The van der Waals surface area contributed by atoms with Gasteiger partial charge in [-0.05, 0) is 6.42 Å². The minimum Gasteiger partial charge on any atom is -0.580 e. The van der Waals surface area contributed by atoms with Gasteiger partial charge in [0.2, 0.25) is 0 Å². The molecule has 0 saturated carbocycles. The molecule has 0 aliphatic rings. The van der Waals surface area contributed by atoms with Gasteiger partial charge in [0.05, 0.1) is 6.61 Å². The minimum atomic E-state index is -0.758. The van der Waals surface area contributed by atoms with E-state index in [1.165, 1.54) is 0 Å². The fourth-order valence-corrected chi connectivity index (χ4v) is 0.922. The van der Waals surface area contributed by atoms with Gasteiger partial charge < -0.3 is 18.0 Å². The molecular weight excluding hydrogens is 173 g/mol. The SMILES string of the molecule is [B-]c1cc(F)c(OCCC)c(F)c1. The average Bonchev–Trinajstić information content (AvgIpc) is 2.02. The summed E-state index contributed by atoms with van der Waals surface area (Å²) in [6.45, 7) is 2.14. The molecular formula is C9H9BF2O-. The smallest absolute Gasteiger partial charge is 0.190 e. The van der Waals surface area contributed by atoms with Crippen molar-refractivity contribution in [2.75, 3.05) is 6.61 Å². The lowest BCUT2D eigenvalue weighted by Crippen LogP contribution is -2.08. The number of halogens is 2. The second-order valence-electron chi connectivity index (χ2n) is 2.66. The first kappa shape index (κ1) is 10.0. The zero-order chi connectivity index (χ0) is 9.84. The van der Waals surface area contributed by atoms with Crippen LogP contribution in [0.2, 0.25) is 0 Å². The largest absolute Gasteiger partial charge is 0.580 e. The van der Waals surface area contributed by atoms with Crippen molar-refractivity contribution in [2.45, 2.75) is 13.3 Å². The summed E-state index contributed by atoms with van der Waals surface area (Å²) in [5.74, 6) is -1.87. The van der Waals surface area contributed by atoms with Gasteiger partial charge >= 0.3 is 0 Å². The lowest BCUT2D eigenvalue weighted by Gasteiger charge is -2.12. The Kier molecular flexibility index (Phi) is 3.28. The fourth-order valence-electron chi connectivity index (χ4n) is 0.922. The molecule has 1 aromatic carbocycles. The van der Waals surface area contributed by atoms with Crippen LogP contribution >= 0.6 is 0 Å². The van der Waals surface area contributed by atoms with E-state index in [2.05, 4.69) is 0 Å². The molecule has 0 spiro atoms. The molecule has 0 aliphatic heterocycles. The van der Waals surface area contributed by atoms with Crippen LogP contribution < -0.4 is 10.2 Å². The molecule has 0 aliphatic carbocycles. The maximum Gasteiger partial charge on any atom is 0.190 e. The Hall–Kier alpha value is -1.06. The third kappa shape index (κ3) is 2.44. The average molecular weight is 182 g/mol. The van der Waals surface area contributed by atoms with Crippen LogP contribution in [0, 0.1) is 11.6 Å². The molecule has 0 heterocycles. The van der Waals surface area contributed by atoms with Gasteiger partial charge in [-0.15, -0.1) is 0 Å². The van der Waals surface area contributed by atoms with Crippen LogP contribution in [0.25, 0.3) is 0 Å². The van der Waals surface area contributed by atoms with Crippen molar-refractivity contribution in [2.24, 2.45) is 0 Å². The Morgan fingerprint density at radius 1 is 1.31 bits per heavy atom. The summed E-state index contributed by atoms with van der Waals surface area (Å²) in [5.41, 5.74) is 0.0545. The van der Waals surface area contributed by atoms with Gasteiger partial charge in [0.25, 0.3) is 0 Å². The molecule has 0 atom stereocenters. The van der Waals surface area contributed by atoms with Crippen LogP contribution in [0.15, 0.2) is 12.1 Å². The topological polar surface area (TPSA) is 9.23 Å². The minimum absolute atomic E-state index is 0.0545. The van der Waals surface area contributed by atoms with E-state index in [4.69, 9.17) is 12.6 Å². The van der Waals surface area contributed by atoms with Crippen LogP contribution in [-0.4, -0.2) is 14.5 Å². The molecule has 4 heteroatoms. The number of ether oxygens (including phenoxy) is 1. The molecule has 1 aromatic rings. The summed E-state index contributed by atoms with van der Waals surface area (Å²) in [6.07, 6.45) is 0.698. The predicted molar refractivity (Wildman–Crippen MR) is 47.5 cm³/mol. The lowest BCUT2D eigenvalue weighted by atomic mass is 9.96. The van der Waals surface area contributed by atoms with Gasteiger partial charge in [0.15, 0.2) is 17.4 Å². The Balaban J connectivity index is 2.92. The highest BCUT2D eigenvalue weighted by atomic mass is 19.1. The zero-order valence-corrected chi connectivity index (χ0v) is 7.31. The van der Waals surface area contributed by atoms with E-state index in [1.807, 2.05) is 6.92 Å². The third-order valence-electron chi connectivity index (χ3n) is 1.47. The molecule has 0 fully saturated rings.